The van der Waals surface area contributed by atoms with Gasteiger partial charge in [-0.15, -0.1) is 0 Å². The van der Waals surface area contributed by atoms with Crippen molar-refractivity contribution >= 4 is 0 Å². The molecule has 0 saturated heterocycles. The van der Waals surface area contributed by atoms with Crippen LogP contribution in [0.5, 0.6) is 0 Å². The monoisotopic (exact) mass is 315 g/mol. The topological polar surface area (TPSA) is 0 Å². The molecule has 17 heavy (non-hydrogen) atoms. The van der Waals surface area contributed by atoms with E-state index in [0.717, 1.165) is 6.42 Å². The average Bonchev–Trinajstić information content (AvgIpc) is 2.36. The second kappa shape index (κ2) is 9.36. The van der Waals surface area contributed by atoms with Gasteiger partial charge in [0.15, 0.2) is 0 Å². The number of hydrogen-bond donors (Lipinski definition) is 0. The standard InChI is InChI=1S/C8H10.C8H11.Ru/c1-2-8-6-4-3-5-7-8;1-2-4-6-8-7-5-3-1;/h3-7H,2H2,1H3;1-2,7H,3-6H2;/b;2-1-,8-7?;. The predicted molar refractivity (Wildman–Crippen MR) is 71.5 cm³/mol. The molecule has 0 spiro atoms. The van der Waals surface area contributed by atoms with Crippen LogP contribution < -0.4 is 0 Å². The zero-order valence-electron chi connectivity index (χ0n) is 10.5. The maximum atomic E-state index is 2.70. The molecule has 0 radical (unpaired) electrons. The summed E-state index contributed by atoms with van der Waals surface area (Å²) in [7, 11) is 0. The van der Waals surface area contributed by atoms with Crippen LogP contribution in [0.25, 0.3) is 0 Å². The van der Waals surface area contributed by atoms with Crippen molar-refractivity contribution in [1.82, 2.24) is 0 Å². The molecule has 1 aromatic carbocycles. The van der Waals surface area contributed by atoms with Crippen molar-refractivity contribution < 1.29 is 18.3 Å². The minimum atomic E-state index is 1.14. The van der Waals surface area contributed by atoms with Gasteiger partial charge in [-0.1, -0.05) is 37.3 Å². The van der Waals surface area contributed by atoms with Crippen molar-refractivity contribution in [2.45, 2.75) is 39.0 Å². The molecule has 0 N–H and O–H groups in total. The fourth-order valence-electron chi connectivity index (χ4n) is 1.60. The number of benzene rings is 1. The zero-order chi connectivity index (χ0) is 12.3. The van der Waals surface area contributed by atoms with Crippen LogP contribution in [0.2, 0.25) is 0 Å². The van der Waals surface area contributed by atoms with Gasteiger partial charge in [-0.05, 0) is 12.0 Å². The Morgan fingerprint density at radius 2 is 1.71 bits per heavy atom. The molecule has 0 unspecified atom stereocenters. The summed E-state index contributed by atoms with van der Waals surface area (Å²) in [5, 5.41) is 0. The van der Waals surface area contributed by atoms with Gasteiger partial charge < -0.3 is 0 Å². The van der Waals surface area contributed by atoms with E-state index in [4.69, 9.17) is 0 Å². The predicted octanol–water partition coefficient (Wildman–Crippen LogP) is 4.80. The maximum absolute atomic E-state index is 2.70. The van der Waals surface area contributed by atoms with E-state index in [1.54, 1.807) is 0 Å². The first kappa shape index (κ1) is 14.4. The van der Waals surface area contributed by atoms with Crippen molar-refractivity contribution in [3.05, 3.63) is 58.3 Å². The second-order valence-electron chi connectivity index (χ2n) is 4.06. The number of hydrogen-bond acceptors (Lipinski definition) is 0. The molecule has 0 nitrogen and oxygen atoms in total. The molecule has 0 atom stereocenters. The molecule has 1 heteroatoms. The summed E-state index contributed by atoms with van der Waals surface area (Å²) >= 11 is 2.70. The van der Waals surface area contributed by atoms with Gasteiger partial charge in [-0.3, -0.25) is 0 Å². The van der Waals surface area contributed by atoms with E-state index in [0.29, 0.717) is 0 Å². The Hall–Kier alpha value is -0.677. The van der Waals surface area contributed by atoms with Crippen molar-refractivity contribution in [3.63, 3.8) is 0 Å². The Morgan fingerprint density at radius 3 is 2.35 bits per heavy atom. The molecule has 0 aromatic heterocycles. The third kappa shape index (κ3) is 7.28. The average molecular weight is 314 g/mol. The molecule has 93 valence electrons. The minimum absolute atomic E-state index is 1.14. The van der Waals surface area contributed by atoms with Gasteiger partial charge in [0, 0.05) is 0 Å². The van der Waals surface area contributed by atoms with Crippen LogP contribution in [0, 0.1) is 0 Å². The third-order valence-corrected chi connectivity index (χ3v) is 3.44. The molecule has 0 bridgehead atoms. The second-order valence-corrected chi connectivity index (χ2v) is 5.18. The van der Waals surface area contributed by atoms with Crippen molar-refractivity contribution in [2.24, 2.45) is 0 Å². The molecule has 1 aliphatic carbocycles. The van der Waals surface area contributed by atoms with Gasteiger partial charge in [-0.2, -0.15) is 0 Å². The third-order valence-electron chi connectivity index (χ3n) is 2.66. The first-order valence-electron chi connectivity index (χ1n) is 6.35. The normalized spacial score (nSPS) is 20.0. The summed E-state index contributed by atoms with van der Waals surface area (Å²) in [4.78, 5) is 0. The fraction of sp³-hybridized carbons (Fsp3) is 0.375. The summed E-state index contributed by atoms with van der Waals surface area (Å²) in [6, 6.07) is 10.5. The Kier molecular flexibility index (Phi) is 7.92. The first-order chi connectivity index (χ1) is 8.33. The summed E-state index contributed by atoms with van der Waals surface area (Å²) < 4.78 is 1.48. The molecular weight excluding hydrogens is 293 g/mol. The van der Waals surface area contributed by atoms with Crippen LogP contribution in [0.1, 0.15) is 38.2 Å². The Labute approximate surface area is 116 Å². The molecule has 0 aliphatic heterocycles. The molecular formula is C16H21Ru. The molecule has 1 aliphatic rings. The quantitative estimate of drug-likeness (QED) is 0.516. The van der Waals surface area contributed by atoms with Crippen molar-refractivity contribution in [1.29, 1.82) is 0 Å². The van der Waals surface area contributed by atoms with Gasteiger partial charge in [0.2, 0.25) is 0 Å². The molecule has 1 aromatic rings. The van der Waals surface area contributed by atoms with Crippen LogP contribution >= 0.6 is 0 Å². The van der Waals surface area contributed by atoms with Gasteiger partial charge in [-0.25, -0.2) is 0 Å². The van der Waals surface area contributed by atoms with E-state index < -0.39 is 0 Å². The summed E-state index contributed by atoms with van der Waals surface area (Å²) in [5.74, 6) is 0. The summed E-state index contributed by atoms with van der Waals surface area (Å²) in [6.07, 6.45) is 12.9. The van der Waals surface area contributed by atoms with Gasteiger partial charge in [0.1, 0.15) is 0 Å². The molecule has 0 amide bonds. The SMILES string of the molecule is CCc1ccccc1.[Ru]/[C]1=C/CC/C=C\CC1. The van der Waals surface area contributed by atoms with E-state index in [1.807, 2.05) is 6.07 Å². The summed E-state index contributed by atoms with van der Waals surface area (Å²) in [6.45, 7) is 2.16. The Morgan fingerprint density at radius 1 is 1.00 bits per heavy atom. The van der Waals surface area contributed by atoms with E-state index >= 15 is 0 Å². The van der Waals surface area contributed by atoms with Crippen molar-refractivity contribution in [3.8, 4) is 0 Å². The van der Waals surface area contributed by atoms with E-state index in [9.17, 15) is 0 Å². The zero-order valence-corrected chi connectivity index (χ0v) is 12.2. The van der Waals surface area contributed by atoms with E-state index in [1.165, 1.54) is 35.4 Å². The van der Waals surface area contributed by atoms with Crippen LogP contribution in [0.4, 0.5) is 0 Å². The Bertz CT molecular complexity index is 349. The van der Waals surface area contributed by atoms with Gasteiger partial charge in [0.25, 0.3) is 0 Å². The molecule has 2 rings (SSSR count). The fourth-order valence-corrected chi connectivity index (χ4v) is 2.10. The van der Waals surface area contributed by atoms with E-state index in [-0.39, 0.29) is 0 Å². The van der Waals surface area contributed by atoms with Gasteiger partial charge >= 0.3 is 66.4 Å². The van der Waals surface area contributed by atoms with Crippen LogP contribution in [-0.4, -0.2) is 0 Å². The van der Waals surface area contributed by atoms with Crippen LogP contribution in [0.15, 0.2) is 52.7 Å². The van der Waals surface area contributed by atoms with Crippen LogP contribution in [0.3, 0.4) is 0 Å². The Balaban J connectivity index is 0.000000171. The number of allylic oxidation sites excluding steroid dienone is 4. The molecule has 0 saturated carbocycles. The number of aryl methyl sites for hydroxylation is 1. The van der Waals surface area contributed by atoms with Crippen molar-refractivity contribution in [2.75, 3.05) is 0 Å². The van der Waals surface area contributed by atoms with E-state index in [2.05, 4.69) is 67.7 Å². The first-order valence-corrected chi connectivity index (χ1v) is 7.22. The molecule has 0 heterocycles. The summed E-state index contributed by atoms with van der Waals surface area (Å²) in [5.41, 5.74) is 1.41. The van der Waals surface area contributed by atoms with Gasteiger partial charge in [0.05, 0.1) is 0 Å². The van der Waals surface area contributed by atoms with Crippen LogP contribution in [-0.2, 0) is 24.7 Å². The number of rotatable bonds is 1. The molecule has 0 fully saturated rings.